The van der Waals surface area contributed by atoms with Crippen LogP contribution in [0.5, 0.6) is 0 Å². The van der Waals surface area contributed by atoms with Crippen LogP contribution in [0.3, 0.4) is 0 Å². The number of benzene rings is 1. The number of nitrogens with two attached hydrogens (primary N) is 1. The zero-order valence-corrected chi connectivity index (χ0v) is 8.98. The first-order valence-corrected chi connectivity index (χ1v) is 5.29. The molecule has 0 amide bonds. The van der Waals surface area contributed by atoms with Crippen LogP contribution < -0.4 is 5.73 Å². The summed E-state index contributed by atoms with van der Waals surface area (Å²) in [5, 5.41) is 0. The van der Waals surface area contributed by atoms with E-state index in [4.69, 9.17) is 15.2 Å². The molecule has 1 aliphatic rings. The van der Waals surface area contributed by atoms with Gasteiger partial charge in [0.05, 0.1) is 19.3 Å². The van der Waals surface area contributed by atoms with Gasteiger partial charge in [0.2, 0.25) is 0 Å². The summed E-state index contributed by atoms with van der Waals surface area (Å²) < 4.78 is 10.9. The highest BCUT2D eigenvalue weighted by atomic mass is 16.6. The molecule has 1 aromatic rings. The second-order valence-corrected chi connectivity index (χ2v) is 3.93. The Labute approximate surface area is 90.2 Å². The van der Waals surface area contributed by atoms with Gasteiger partial charge in [-0.15, -0.1) is 0 Å². The van der Waals surface area contributed by atoms with Crippen molar-refractivity contribution in [2.75, 3.05) is 19.8 Å². The molecular formula is C12H17NO2. The molecule has 0 bridgehead atoms. The molecule has 3 nitrogen and oxygen atoms in total. The van der Waals surface area contributed by atoms with E-state index in [1.807, 2.05) is 6.07 Å². The molecule has 1 atom stereocenters. The lowest BCUT2D eigenvalue weighted by Gasteiger charge is -2.30. The molecule has 0 radical (unpaired) electrons. The fourth-order valence-corrected chi connectivity index (χ4v) is 1.67. The highest BCUT2D eigenvalue weighted by molar-refractivity contribution is 5.24. The quantitative estimate of drug-likeness (QED) is 0.812. The molecule has 2 rings (SSSR count). The highest BCUT2D eigenvalue weighted by Crippen LogP contribution is 2.21. The van der Waals surface area contributed by atoms with Gasteiger partial charge in [-0.2, -0.15) is 0 Å². The molecule has 1 heterocycles. The predicted molar refractivity (Wildman–Crippen MR) is 58.7 cm³/mol. The van der Waals surface area contributed by atoms with E-state index in [0.717, 1.165) is 5.56 Å². The predicted octanol–water partition coefficient (Wildman–Crippen LogP) is 1.41. The second kappa shape index (κ2) is 4.75. The zero-order chi connectivity index (χ0) is 10.7. The van der Waals surface area contributed by atoms with Crippen molar-refractivity contribution in [3.05, 3.63) is 35.4 Å². The lowest BCUT2D eigenvalue weighted by atomic mass is 10.1. The molecule has 1 unspecified atom stereocenters. The largest absolute Gasteiger partial charge is 0.376 e. The van der Waals surface area contributed by atoms with E-state index in [1.165, 1.54) is 5.56 Å². The summed E-state index contributed by atoms with van der Waals surface area (Å²) in [6.45, 7) is 3.98. The molecule has 82 valence electrons. The van der Waals surface area contributed by atoms with Crippen molar-refractivity contribution in [2.24, 2.45) is 5.73 Å². The third kappa shape index (κ3) is 2.56. The van der Waals surface area contributed by atoms with E-state index in [2.05, 4.69) is 25.1 Å². The molecule has 3 heteroatoms. The summed E-state index contributed by atoms with van der Waals surface area (Å²) in [5.74, 6) is 0. The molecule has 0 saturated carbocycles. The van der Waals surface area contributed by atoms with E-state index in [0.29, 0.717) is 19.8 Å². The Kier molecular flexibility index (Phi) is 3.36. The number of ether oxygens (including phenoxy) is 2. The highest BCUT2D eigenvalue weighted by Gasteiger charge is 2.23. The summed E-state index contributed by atoms with van der Waals surface area (Å²) in [6.07, 6.45) is 0.220. The van der Waals surface area contributed by atoms with Crippen LogP contribution >= 0.6 is 0 Å². The normalized spacial score (nSPS) is 18.5. The SMILES string of the molecule is Cc1cccc(C(CN)OC2COC2)c1. The van der Waals surface area contributed by atoms with Crippen LogP contribution in [0, 0.1) is 6.92 Å². The summed E-state index contributed by atoms with van der Waals surface area (Å²) in [6, 6.07) is 8.29. The Morgan fingerprint density at radius 2 is 2.33 bits per heavy atom. The van der Waals surface area contributed by atoms with Gasteiger partial charge in [0, 0.05) is 6.54 Å². The molecule has 1 aliphatic heterocycles. The van der Waals surface area contributed by atoms with Crippen LogP contribution in [-0.4, -0.2) is 25.9 Å². The van der Waals surface area contributed by atoms with Gasteiger partial charge in [-0.05, 0) is 12.5 Å². The van der Waals surface area contributed by atoms with Crippen molar-refractivity contribution in [3.63, 3.8) is 0 Å². The Morgan fingerprint density at radius 1 is 1.53 bits per heavy atom. The molecule has 15 heavy (non-hydrogen) atoms. The third-order valence-electron chi connectivity index (χ3n) is 2.59. The fraction of sp³-hybridized carbons (Fsp3) is 0.500. The van der Waals surface area contributed by atoms with Gasteiger partial charge in [0.1, 0.15) is 6.10 Å². The van der Waals surface area contributed by atoms with Crippen LogP contribution in [0.2, 0.25) is 0 Å². The minimum absolute atomic E-state index is 0.00111. The van der Waals surface area contributed by atoms with Gasteiger partial charge in [-0.25, -0.2) is 0 Å². The van der Waals surface area contributed by atoms with Crippen LogP contribution in [0.1, 0.15) is 17.2 Å². The lowest BCUT2D eigenvalue weighted by Crippen LogP contribution is -2.38. The number of hydrogen-bond donors (Lipinski definition) is 1. The maximum absolute atomic E-state index is 5.83. The van der Waals surface area contributed by atoms with Gasteiger partial charge >= 0.3 is 0 Å². The van der Waals surface area contributed by atoms with Gasteiger partial charge in [-0.3, -0.25) is 0 Å². The van der Waals surface area contributed by atoms with E-state index >= 15 is 0 Å². The summed E-state index contributed by atoms with van der Waals surface area (Å²) in [4.78, 5) is 0. The van der Waals surface area contributed by atoms with E-state index < -0.39 is 0 Å². The average Bonchev–Trinajstić information content (AvgIpc) is 2.16. The van der Waals surface area contributed by atoms with E-state index in [1.54, 1.807) is 0 Å². The minimum Gasteiger partial charge on any atom is -0.376 e. The van der Waals surface area contributed by atoms with Crippen molar-refractivity contribution in [2.45, 2.75) is 19.1 Å². The molecule has 0 aliphatic carbocycles. The molecule has 2 N–H and O–H groups in total. The smallest absolute Gasteiger partial charge is 0.105 e. The monoisotopic (exact) mass is 207 g/mol. The summed E-state index contributed by atoms with van der Waals surface area (Å²) in [5.41, 5.74) is 8.11. The Balaban J connectivity index is 2.04. The van der Waals surface area contributed by atoms with Gasteiger partial charge < -0.3 is 15.2 Å². The molecule has 0 spiro atoms. The zero-order valence-electron chi connectivity index (χ0n) is 8.98. The number of hydrogen-bond acceptors (Lipinski definition) is 3. The van der Waals surface area contributed by atoms with Crippen molar-refractivity contribution in [1.29, 1.82) is 0 Å². The molecule has 1 aromatic carbocycles. The van der Waals surface area contributed by atoms with Gasteiger partial charge in [0.25, 0.3) is 0 Å². The first-order chi connectivity index (χ1) is 7.29. The van der Waals surface area contributed by atoms with Crippen LogP contribution in [0.4, 0.5) is 0 Å². The van der Waals surface area contributed by atoms with Gasteiger partial charge in [-0.1, -0.05) is 29.8 Å². The van der Waals surface area contributed by atoms with Crippen LogP contribution in [0.15, 0.2) is 24.3 Å². The van der Waals surface area contributed by atoms with Crippen molar-refractivity contribution < 1.29 is 9.47 Å². The van der Waals surface area contributed by atoms with Gasteiger partial charge in [0.15, 0.2) is 0 Å². The second-order valence-electron chi connectivity index (χ2n) is 3.93. The fourth-order valence-electron chi connectivity index (χ4n) is 1.67. The van der Waals surface area contributed by atoms with E-state index in [-0.39, 0.29) is 12.2 Å². The average molecular weight is 207 g/mol. The van der Waals surface area contributed by atoms with Crippen LogP contribution in [0.25, 0.3) is 0 Å². The first-order valence-electron chi connectivity index (χ1n) is 5.29. The summed E-state index contributed by atoms with van der Waals surface area (Å²) in [7, 11) is 0. The van der Waals surface area contributed by atoms with Crippen molar-refractivity contribution >= 4 is 0 Å². The van der Waals surface area contributed by atoms with Crippen molar-refractivity contribution in [1.82, 2.24) is 0 Å². The Bertz CT molecular complexity index is 323. The minimum atomic E-state index is -0.00111. The molecular weight excluding hydrogens is 190 g/mol. The van der Waals surface area contributed by atoms with Crippen LogP contribution in [-0.2, 0) is 9.47 Å². The number of aryl methyl sites for hydroxylation is 1. The summed E-state index contributed by atoms with van der Waals surface area (Å²) >= 11 is 0. The topological polar surface area (TPSA) is 44.5 Å². The van der Waals surface area contributed by atoms with Crippen molar-refractivity contribution in [3.8, 4) is 0 Å². The maximum atomic E-state index is 5.83. The first kappa shape index (κ1) is 10.6. The Hall–Kier alpha value is -0.900. The molecule has 0 aromatic heterocycles. The number of rotatable bonds is 4. The molecule has 1 saturated heterocycles. The molecule has 1 fully saturated rings. The maximum Gasteiger partial charge on any atom is 0.105 e. The third-order valence-corrected chi connectivity index (χ3v) is 2.59. The lowest BCUT2D eigenvalue weighted by molar-refractivity contribution is -0.153. The Morgan fingerprint density at radius 3 is 2.87 bits per heavy atom. The van der Waals surface area contributed by atoms with E-state index in [9.17, 15) is 0 Å². The standard InChI is InChI=1S/C12H17NO2/c1-9-3-2-4-10(5-9)12(6-13)15-11-7-14-8-11/h2-5,11-12H,6-8,13H2,1H3.